The zero-order chi connectivity index (χ0) is 30.5. The zero-order valence-corrected chi connectivity index (χ0v) is 25.5. The Balaban J connectivity index is 1.12. The number of nitrogens with zero attached hydrogens (tertiary/aromatic N) is 2. The fraction of sp³-hybridized carbons (Fsp3) is 0.206. The van der Waals surface area contributed by atoms with Gasteiger partial charge < -0.3 is 25.7 Å². The molecule has 3 aromatic carbocycles. The standard InChI is InChI=1S/C34H32ClN5O3S/c35-26-10-6-22(7-11-26)16-31(33(36)41)39-34(42)29-3-1-2-28-30(12-14-43-32(28)29)38-18-27-17-37-21-40(27)19-23-4-8-24(9-5-23)25-13-15-44-20-25/h1-11,13,15,17,20-21,30-31,38H,12,14,16,18-19H2,(H2,36,41)(H,39,42)/t30?,31-/m0/s1. The molecule has 2 atom stereocenters. The van der Waals surface area contributed by atoms with Gasteiger partial charge in [-0.05, 0) is 57.3 Å². The molecule has 0 spiro atoms. The quantitative estimate of drug-likeness (QED) is 0.173. The van der Waals surface area contributed by atoms with E-state index in [1.54, 1.807) is 29.5 Å². The monoisotopic (exact) mass is 625 g/mol. The zero-order valence-electron chi connectivity index (χ0n) is 23.9. The molecule has 0 saturated carbocycles. The van der Waals surface area contributed by atoms with Crippen molar-refractivity contribution in [3.05, 3.63) is 129 Å². The second-order valence-corrected chi connectivity index (χ2v) is 12.0. The summed E-state index contributed by atoms with van der Waals surface area (Å²) in [7, 11) is 0. The third-order valence-corrected chi connectivity index (χ3v) is 8.74. The predicted octanol–water partition coefficient (Wildman–Crippen LogP) is 5.75. The number of para-hydroxylation sites is 1. The molecule has 4 N–H and O–H groups in total. The molecule has 1 unspecified atom stereocenters. The number of rotatable bonds is 11. The highest BCUT2D eigenvalue weighted by molar-refractivity contribution is 7.08. The number of imidazole rings is 1. The van der Waals surface area contributed by atoms with E-state index < -0.39 is 17.9 Å². The Morgan fingerprint density at radius 3 is 2.59 bits per heavy atom. The molecule has 0 radical (unpaired) electrons. The number of carbonyl (C=O) groups is 2. The van der Waals surface area contributed by atoms with E-state index in [9.17, 15) is 9.59 Å². The number of thiophene rings is 1. The van der Waals surface area contributed by atoms with Crippen LogP contribution in [0.1, 0.15) is 45.2 Å². The van der Waals surface area contributed by atoms with Crippen LogP contribution in [0.2, 0.25) is 5.02 Å². The highest BCUT2D eigenvalue weighted by atomic mass is 35.5. The maximum atomic E-state index is 13.4. The van der Waals surface area contributed by atoms with Crippen LogP contribution in [-0.4, -0.2) is 34.0 Å². The van der Waals surface area contributed by atoms with Gasteiger partial charge in [0.25, 0.3) is 5.91 Å². The van der Waals surface area contributed by atoms with Gasteiger partial charge in [0.1, 0.15) is 11.8 Å². The van der Waals surface area contributed by atoms with Crippen LogP contribution in [-0.2, 0) is 24.3 Å². The number of carbonyl (C=O) groups excluding carboxylic acids is 2. The molecule has 5 aromatic rings. The Bertz CT molecular complexity index is 1740. The van der Waals surface area contributed by atoms with E-state index in [2.05, 4.69) is 61.3 Å². The van der Waals surface area contributed by atoms with Crippen molar-refractivity contribution in [3.8, 4) is 16.9 Å². The number of fused-ring (bicyclic) bond motifs is 1. The summed E-state index contributed by atoms with van der Waals surface area (Å²) >= 11 is 7.68. The van der Waals surface area contributed by atoms with Crippen molar-refractivity contribution in [1.82, 2.24) is 20.2 Å². The van der Waals surface area contributed by atoms with Crippen LogP contribution in [0.4, 0.5) is 0 Å². The maximum Gasteiger partial charge on any atom is 0.255 e. The fourth-order valence-corrected chi connectivity index (χ4v) is 6.21. The topological polar surface area (TPSA) is 111 Å². The summed E-state index contributed by atoms with van der Waals surface area (Å²) in [6.45, 7) is 1.76. The molecular formula is C34H32ClN5O3S. The van der Waals surface area contributed by atoms with Gasteiger partial charge in [-0.1, -0.05) is 60.1 Å². The van der Waals surface area contributed by atoms with Crippen molar-refractivity contribution < 1.29 is 14.3 Å². The molecule has 2 amide bonds. The summed E-state index contributed by atoms with van der Waals surface area (Å²) in [4.78, 5) is 30.0. The molecule has 44 heavy (non-hydrogen) atoms. The number of hydrogen-bond donors (Lipinski definition) is 3. The predicted molar refractivity (Wildman–Crippen MR) is 173 cm³/mol. The molecule has 2 aromatic heterocycles. The van der Waals surface area contributed by atoms with Crippen LogP contribution in [0, 0.1) is 0 Å². The Morgan fingerprint density at radius 1 is 1.05 bits per heavy atom. The normalized spacial score (nSPS) is 14.8. The minimum absolute atomic E-state index is 0.0271. The molecule has 224 valence electrons. The van der Waals surface area contributed by atoms with E-state index in [0.29, 0.717) is 36.0 Å². The Morgan fingerprint density at radius 2 is 1.84 bits per heavy atom. The van der Waals surface area contributed by atoms with E-state index in [0.717, 1.165) is 23.2 Å². The molecule has 1 aliphatic rings. The number of hydrogen-bond acceptors (Lipinski definition) is 6. The fourth-order valence-electron chi connectivity index (χ4n) is 5.42. The summed E-state index contributed by atoms with van der Waals surface area (Å²) in [5.74, 6) is -0.514. The third-order valence-electron chi connectivity index (χ3n) is 7.81. The van der Waals surface area contributed by atoms with Gasteiger partial charge in [-0.25, -0.2) is 4.98 Å². The summed E-state index contributed by atoms with van der Waals surface area (Å²) in [5.41, 5.74) is 12.4. The second-order valence-electron chi connectivity index (χ2n) is 10.8. The lowest BCUT2D eigenvalue weighted by Gasteiger charge is -2.28. The van der Waals surface area contributed by atoms with Crippen molar-refractivity contribution in [2.45, 2.75) is 38.0 Å². The van der Waals surface area contributed by atoms with E-state index in [1.807, 2.05) is 36.8 Å². The van der Waals surface area contributed by atoms with E-state index in [1.165, 1.54) is 16.7 Å². The van der Waals surface area contributed by atoms with Gasteiger partial charge in [0.2, 0.25) is 5.91 Å². The van der Waals surface area contributed by atoms with Crippen molar-refractivity contribution >= 4 is 34.8 Å². The number of benzene rings is 3. The first-order valence-electron chi connectivity index (χ1n) is 14.4. The molecule has 3 heterocycles. The molecule has 0 saturated heterocycles. The van der Waals surface area contributed by atoms with Gasteiger partial charge in [-0.15, -0.1) is 0 Å². The number of nitrogens with one attached hydrogen (secondary N) is 2. The number of aromatic nitrogens is 2. The Kier molecular flexibility index (Phi) is 9.07. The van der Waals surface area contributed by atoms with Gasteiger partial charge in [0, 0.05) is 48.8 Å². The van der Waals surface area contributed by atoms with E-state index >= 15 is 0 Å². The summed E-state index contributed by atoms with van der Waals surface area (Å²) in [6.07, 6.45) is 4.73. The molecule has 8 nitrogen and oxygen atoms in total. The van der Waals surface area contributed by atoms with Gasteiger partial charge in [-0.3, -0.25) is 9.59 Å². The summed E-state index contributed by atoms with van der Waals surface area (Å²) in [5, 5.41) is 11.3. The van der Waals surface area contributed by atoms with Gasteiger partial charge in [0.15, 0.2) is 0 Å². The minimum Gasteiger partial charge on any atom is -0.492 e. The minimum atomic E-state index is -0.885. The Labute approximate surface area is 264 Å². The molecule has 6 rings (SSSR count). The third kappa shape index (κ3) is 6.86. The van der Waals surface area contributed by atoms with Crippen LogP contribution < -0.4 is 21.1 Å². The second kappa shape index (κ2) is 13.5. The van der Waals surface area contributed by atoms with Crippen LogP contribution in [0.15, 0.2) is 96.1 Å². The highest BCUT2D eigenvalue weighted by Crippen LogP contribution is 2.35. The van der Waals surface area contributed by atoms with Crippen LogP contribution in [0.3, 0.4) is 0 Å². The van der Waals surface area contributed by atoms with Crippen molar-refractivity contribution in [1.29, 1.82) is 0 Å². The van der Waals surface area contributed by atoms with Gasteiger partial charge in [-0.2, -0.15) is 11.3 Å². The summed E-state index contributed by atoms with van der Waals surface area (Å²) < 4.78 is 8.15. The van der Waals surface area contributed by atoms with Gasteiger partial charge in [0.05, 0.1) is 24.2 Å². The first-order valence-corrected chi connectivity index (χ1v) is 15.7. The lowest BCUT2D eigenvalue weighted by atomic mass is 9.96. The number of amides is 2. The number of ether oxygens (including phenoxy) is 1. The van der Waals surface area contributed by atoms with Crippen molar-refractivity contribution in [2.75, 3.05) is 6.61 Å². The van der Waals surface area contributed by atoms with E-state index in [-0.39, 0.29) is 12.5 Å². The molecular weight excluding hydrogens is 594 g/mol. The van der Waals surface area contributed by atoms with Crippen molar-refractivity contribution in [2.24, 2.45) is 5.73 Å². The van der Waals surface area contributed by atoms with Crippen LogP contribution >= 0.6 is 22.9 Å². The number of nitrogens with two attached hydrogens (primary N) is 1. The highest BCUT2D eigenvalue weighted by Gasteiger charge is 2.28. The van der Waals surface area contributed by atoms with Crippen molar-refractivity contribution in [3.63, 3.8) is 0 Å². The molecule has 0 fully saturated rings. The van der Waals surface area contributed by atoms with Gasteiger partial charge >= 0.3 is 0 Å². The number of halogens is 1. The summed E-state index contributed by atoms with van der Waals surface area (Å²) in [6, 6.07) is 22.4. The lowest BCUT2D eigenvalue weighted by Crippen LogP contribution is -2.46. The average molecular weight is 626 g/mol. The Hall–Kier alpha value is -4.44. The van der Waals surface area contributed by atoms with E-state index in [4.69, 9.17) is 22.1 Å². The van der Waals surface area contributed by atoms with Crippen LogP contribution in [0.25, 0.3) is 11.1 Å². The smallest absolute Gasteiger partial charge is 0.255 e. The van der Waals surface area contributed by atoms with Crippen LogP contribution in [0.5, 0.6) is 5.75 Å². The first-order chi connectivity index (χ1) is 21.4. The molecule has 1 aliphatic heterocycles. The average Bonchev–Trinajstić information content (AvgIpc) is 3.73. The molecule has 0 bridgehead atoms. The largest absolute Gasteiger partial charge is 0.492 e. The lowest BCUT2D eigenvalue weighted by molar-refractivity contribution is -0.119. The first kappa shape index (κ1) is 29.6. The SMILES string of the molecule is NC(=O)[C@H](Cc1ccc(Cl)cc1)NC(=O)c1cccc2c1OCCC2NCc1cncn1Cc1ccc(-c2ccsc2)cc1. The molecule has 0 aliphatic carbocycles. The molecule has 10 heteroatoms. The maximum absolute atomic E-state index is 13.4. The number of primary amides is 1.